The fourth-order valence-corrected chi connectivity index (χ4v) is 4.41. The number of ether oxygens (including phenoxy) is 1. The number of hydrogen-bond acceptors (Lipinski definition) is 5. The molecule has 0 spiro atoms. The minimum absolute atomic E-state index is 0.0383. The molecule has 1 aliphatic rings. The highest BCUT2D eigenvalue weighted by Crippen LogP contribution is 2.44. The lowest BCUT2D eigenvalue weighted by Crippen LogP contribution is -2.30. The van der Waals surface area contributed by atoms with Crippen molar-refractivity contribution in [3.05, 3.63) is 95.1 Å². The van der Waals surface area contributed by atoms with Crippen LogP contribution in [-0.2, 0) is 16.0 Å². The van der Waals surface area contributed by atoms with Gasteiger partial charge >= 0.3 is 12.1 Å². The van der Waals surface area contributed by atoms with Gasteiger partial charge in [0.2, 0.25) is 0 Å². The number of amides is 1. The van der Waals surface area contributed by atoms with Gasteiger partial charge in [0.1, 0.15) is 12.7 Å². The highest BCUT2D eigenvalue weighted by molar-refractivity contribution is 5.79. The second-order valence-corrected chi connectivity index (χ2v) is 8.37. The molecule has 4 rings (SSSR count). The molecular weight excluding hydrogens is 434 g/mol. The molecule has 0 aliphatic heterocycles. The smallest absolute Gasteiger partial charge is 0.407 e. The Hall–Kier alpha value is -3.68. The van der Waals surface area contributed by atoms with Crippen LogP contribution in [0.4, 0.5) is 4.79 Å². The van der Waals surface area contributed by atoms with Crippen molar-refractivity contribution in [2.45, 2.75) is 31.0 Å². The molecule has 0 fully saturated rings. The maximum atomic E-state index is 12.3. The van der Waals surface area contributed by atoms with Crippen LogP contribution >= 0.6 is 0 Å². The molecule has 7 nitrogen and oxygen atoms in total. The van der Waals surface area contributed by atoms with E-state index in [2.05, 4.69) is 17.4 Å². The van der Waals surface area contributed by atoms with Crippen LogP contribution in [0.1, 0.15) is 40.7 Å². The summed E-state index contributed by atoms with van der Waals surface area (Å²) < 4.78 is 5.47. The Kier molecular flexibility index (Phi) is 7.25. The van der Waals surface area contributed by atoms with Gasteiger partial charge < -0.3 is 25.4 Å². The van der Waals surface area contributed by atoms with Crippen molar-refractivity contribution in [2.75, 3.05) is 13.2 Å². The summed E-state index contributed by atoms with van der Waals surface area (Å²) in [5, 5.41) is 32.3. The molecule has 3 aromatic rings. The number of hydrogen-bond donors (Lipinski definition) is 4. The second-order valence-electron chi connectivity index (χ2n) is 8.37. The average molecular weight is 462 g/mol. The zero-order chi connectivity index (χ0) is 24.1. The third-order valence-electron chi connectivity index (χ3n) is 6.07. The van der Waals surface area contributed by atoms with Crippen LogP contribution in [0.2, 0.25) is 0 Å². The largest absolute Gasteiger partial charge is 0.481 e. The summed E-state index contributed by atoms with van der Waals surface area (Å²) in [6, 6.07) is 22.6. The standard InChI is InChI=1S/C27H27NO6/c29-24(26(32)18-7-5-6-17(14-18)15-25(30)31)12-13-28-27(33)34-16-23-21-10-3-1-8-19(21)20-9-2-4-11-22(20)23/h1-11,14,23-24,26,29,32H,12-13,15-16H2,(H,28,33)(H,30,31). The number of fused-ring (bicyclic) bond motifs is 3. The fraction of sp³-hybridized carbons (Fsp3) is 0.259. The van der Waals surface area contributed by atoms with E-state index in [9.17, 15) is 19.8 Å². The molecule has 176 valence electrons. The second kappa shape index (κ2) is 10.5. The van der Waals surface area contributed by atoms with E-state index in [1.54, 1.807) is 24.3 Å². The molecule has 3 aromatic carbocycles. The minimum atomic E-state index is -1.20. The van der Waals surface area contributed by atoms with Crippen molar-refractivity contribution in [3.8, 4) is 11.1 Å². The van der Waals surface area contributed by atoms with Crippen molar-refractivity contribution in [1.82, 2.24) is 5.32 Å². The first-order chi connectivity index (χ1) is 16.4. The topological polar surface area (TPSA) is 116 Å². The Balaban J connectivity index is 1.27. The molecule has 7 heteroatoms. The Morgan fingerprint density at radius 2 is 1.56 bits per heavy atom. The lowest BCUT2D eigenvalue weighted by molar-refractivity contribution is -0.136. The van der Waals surface area contributed by atoms with Crippen molar-refractivity contribution < 1.29 is 29.6 Å². The number of aliphatic hydroxyl groups is 2. The maximum Gasteiger partial charge on any atom is 0.407 e. The number of nitrogens with one attached hydrogen (secondary N) is 1. The summed E-state index contributed by atoms with van der Waals surface area (Å²) >= 11 is 0. The summed E-state index contributed by atoms with van der Waals surface area (Å²) in [7, 11) is 0. The van der Waals surface area contributed by atoms with E-state index in [0.717, 1.165) is 22.3 Å². The van der Waals surface area contributed by atoms with Crippen LogP contribution in [0, 0.1) is 0 Å². The van der Waals surface area contributed by atoms with Gasteiger partial charge in [-0.25, -0.2) is 4.79 Å². The van der Waals surface area contributed by atoms with Crippen LogP contribution in [-0.4, -0.2) is 46.6 Å². The first-order valence-electron chi connectivity index (χ1n) is 11.2. The van der Waals surface area contributed by atoms with E-state index in [1.807, 2.05) is 36.4 Å². The predicted octanol–water partition coefficient (Wildman–Crippen LogP) is 3.64. The summed E-state index contributed by atoms with van der Waals surface area (Å²) in [6.07, 6.45) is -2.98. The molecule has 0 saturated carbocycles. The molecule has 0 heterocycles. The van der Waals surface area contributed by atoms with Gasteiger partial charge in [-0.1, -0.05) is 72.8 Å². The monoisotopic (exact) mass is 461 g/mol. The number of carboxylic acids is 1. The van der Waals surface area contributed by atoms with Gasteiger partial charge in [-0.3, -0.25) is 4.79 Å². The predicted molar refractivity (Wildman–Crippen MR) is 126 cm³/mol. The van der Waals surface area contributed by atoms with Crippen molar-refractivity contribution in [2.24, 2.45) is 0 Å². The highest BCUT2D eigenvalue weighted by Gasteiger charge is 2.29. The number of alkyl carbamates (subject to hydrolysis) is 1. The van der Waals surface area contributed by atoms with Gasteiger partial charge in [0.05, 0.1) is 12.5 Å². The normalized spacial score (nSPS) is 14.1. The van der Waals surface area contributed by atoms with E-state index in [4.69, 9.17) is 9.84 Å². The summed E-state index contributed by atoms with van der Waals surface area (Å²) in [5.41, 5.74) is 5.51. The van der Waals surface area contributed by atoms with Crippen LogP contribution in [0.3, 0.4) is 0 Å². The van der Waals surface area contributed by atoms with Crippen LogP contribution in [0.25, 0.3) is 11.1 Å². The van der Waals surface area contributed by atoms with Crippen LogP contribution in [0.5, 0.6) is 0 Å². The third kappa shape index (κ3) is 5.27. The number of aliphatic hydroxyl groups excluding tert-OH is 2. The Labute approximate surface area is 197 Å². The molecule has 2 atom stereocenters. The van der Waals surface area contributed by atoms with Crippen LogP contribution in [0.15, 0.2) is 72.8 Å². The fourth-order valence-electron chi connectivity index (χ4n) is 4.41. The first-order valence-corrected chi connectivity index (χ1v) is 11.2. The molecule has 34 heavy (non-hydrogen) atoms. The number of carbonyl (C=O) groups excluding carboxylic acids is 1. The molecule has 0 bridgehead atoms. The number of carbonyl (C=O) groups is 2. The van der Waals surface area contributed by atoms with Crippen molar-refractivity contribution in [3.63, 3.8) is 0 Å². The molecule has 1 amide bonds. The van der Waals surface area contributed by atoms with Gasteiger partial charge in [0.25, 0.3) is 0 Å². The van der Waals surface area contributed by atoms with Gasteiger partial charge in [-0.15, -0.1) is 0 Å². The third-order valence-corrected chi connectivity index (χ3v) is 6.07. The van der Waals surface area contributed by atoms with Gasteiger partial charge in [0.15, 0.2) is 0 Å². The Morgan fingerprint density at radius 3 is 2.21 bits per heavy atom. The minimum Gasteiger partial charge on any atom is -0.481 e. The molecule has 1 aliphatic carbocycles. The summed E-state index contributed by atoms with van der Waals surface area (Å²) in [4.78, 5) is 23.1. The van der Waals surface area contributed by atoms with E-state index >= 15 is 0 Å². The van der Waals surface area contributed by atoms with E-state index in [-0.39, 0.29) is 31.9 Å². The summed E-state index contributed by atoms with van der Waals surface area (Å²) in [6.45, 7) is 0.311. The highest BCUT2D eigenvalue weighted by atomic mass is 16.5. The van der Waals surface area contributed by atoms with E-state index < -0.39 is 24.3 Å². The van der Waals surface area contributed by atoms with Gasteiger partial charge in [-0.2, -0.15) is 0 Å². The lowest BCUT2D eigenvalue weighted by atomic mass is 9.98. The molecular formula is C27H27NO6. The van der Waals surface area contributed by atoms with Crippen LogP contribution < -0.4 is 5.32 Å². The zero-order valence-electron chi connectivity index (χ0n) is 18.6. The number of rotatable bonds is 9. The average Bonchev–Trinajstić information content (AvgIpc) is 3.15. The van der Waals surface area contributed by atoms with Gasteiger partial charge in [0, 0.05) is 12.5 Å². The molecule has 2 unspecified atom stereocenters. The first kappa shape index (κ1) is 23.5. The van der Waals surface area contributed by atoms with Crippen molar-refractivity contribution in [1.29, 1.82) is 0 Å². The van der Waals surface area contributed by atoms with Crippen molar-refractivity contribution >= 4 is 12.1 Å². The number of benzene rings is 3. The lowest BCUT2D eigenvalue weighted by Gasteiger charge is -2.19. The number of carboxylic acid groups (broad SMARTS) is 1. The molecule has 0 aromatic heterocycles. The quantitative estimate of drug-likeness (QED) is 0.387. The van der Waals surface area contributed by atoms with E-state index in [1.165, 1.54) is 0 Å². The Bertz CT molecular complexity index is 1130. The maximum absolute atomic E-state index is 12.3. The number of aliphatic carboxylic acids is 1. The Morgan fingerprint density at radius 1 is 0.912 bits per heavy atom. The summed E-state index contributed by atoms with van der Waals surface area (Å²) in [5.74, 6) is -1.01. The molecule has 0 saturated heterocycles. The SMILES string of the molecule is O=C(O)Cc1cccc(C(O)C(O)CCNC(=O)OCC2c3ccccc3-c3ccccc32)c1. The van der Waals surface area contributed by atoms with E-state index in [0.29, 0.717) is 11.1 Å². The molecule has 0 radical (unpaired) electrons. The molecule has 4 N–H and O–H groups in total. The van der Waals surface area contributed by atoms with Gasteiger partial charge in [-0.05, 0) is 39.8 Å². The zero-order valence-corrected chi connectivity index (χ0v) is 18.6.